The quantitative estimate of drug-likeness (QED) is 0.435. The van der Waals surface area contributed by atoms with Gasteiger partial charge in [-0.25, -0.2) is 4.79 Å². The fourth-order valence-corrected chi connectivity index (χ4v) is 4.48. The van der Waals surface area contributed by atoms with E-state index in [4.69, 9.17) is 18.9 Å². The second-order valence-corrected chi connectivity index (χ2v) is 8.75. The van der Waals surface area contributed by atoms with E-state index in [0.717, 1.165) is 25.1 Å². The Balaban J connectivity index is 1.05. The molecule has 4 atom stereocenters. The number of aryl methyl sites for hydroxylation is 1. The van der Waals surface area contributed by atoms with Crippen molar-refractivity contribution in [2.45, 2.75) is 37.2 Å². The van der Waals surface area contributed by atoms with Gasteiger partial charge in [-0.3, -0.25) is 5.32 Å². The Kier molecular flexibility index (Phi) is 7.58. The summed E-state index contributed by atoms with van der Waals surface area (Å²) in [6.45, 7) is 1.76. The van der Waals surface area contributed by atoms with Gasteiger partial charge in [-0.15, -0.1) is 0 Å². The lowest BCUT2D eigenvalue weighted by molar-refractivity contribution is 0.00857. The summed E-state index contributed by atoms with van der Waals surface area (Å²) in [5.74, 6) is 1.44. The highest BCUT2D eigenvalue weighted by molar-refractivity contribution is 5.84. The maximum absolute atomic E-state index is 12.5. The number of para-hydroxylation sites is 1. The topological polar surface area (TPSA) is 78.1 Å². The van der Waals surface area contributed by atoms with Crippen molar-refractivity contribution in [1.82, 2.24) is 5.32 Å². The first kappa shape index (κ1) is 23.4. The van der Waals surface area contributed by atoms with E-state index in [9.17, 15) is 4.79 Å². The molecule has 3 aromatic carbocycles. The SMILES string of the molecule is O=C(Nc1ccc(Oc2ccccc2)cc1)O[C@@H]1CO[C@H]2[C@@H]1OC[C@@H]2NCCCc1ccccc1. The largest absolute Gasteiger partial charge is 0.457 e. The zero-order chi connectivity index (χ0) is 23.9. The molecule has 5 rings (SSSR count). The summed E-state index contributed by atoms with van der Waals surface area (Å²) >= 11 is 0. The van der Waals surface area contributed by atoms with E-state index in [1.54, 1.807) is 24.3 Å². The number of fused-ring (bicyclic) bond motifs is 1. The van der Waals surface area contributed by atoms with Gasteiger partial charge in [0.1, 0.15) is 23.7 Å². The number of nitrogens with one attached hydrogen (secondary N) is 2. The number of carbonyl (C=O) groups is 1. The second kappa shape index (κ2) is 11.4. The summed E-state index contributed by atoms with van der Waals surface area (Å²) in [7, 11) is 0. The third kappa shape index (κ3) is 6.19. The predicted molar refractivity (Wildman–Crippen MR) is 133 cm³/mol. The monoisotopic (exact) mass is 474 g/mol. The van der Waals surface area contributed by atoms with Crippen LogP contribution in [0.4, 0.5) is 10.5 Å². The maximum atomic E-state index is 12.5. The summed E-state index contributed by atoms with van der Waals surface area (Å²) in [4.78, 5) is 12.5. The second-order valence-electron chi connectivity index (χ2n) is 8.75. The molecule has 2 heterocycles. The first-order valence-electron chi connectivity index (χ1n) is 12.1. The number of ether oxygens (including phenoxy) is 4. The van der Waals surface area contributed by atoms with Gasteiger partial charge in [0.15, 0.2) is 6.10 Å². The van der Waals surface area contributed by atoms with Crippen LogP contribution in [0.1, 0.15) is 12.0 Å². The molecular formula is C28H30N2O5. The van der Waals surface area contributed by atoms with Crippen molar-refractivity contribution in [3.8, 4) is 11.5 Å². The van der Waals surface area contributed by atoms with E-state index in [1.165, 1.54) is 5.56 Å². The first-order chi connectivity index (χ1) is 17.2. The van der Waals surface area contributed by atoms with Gasteiger partial charge in [-0.2, -0.15) is 0 Å². The Labute approximate surface area is 205 Å². The lowest BCUT2D eigenvalue weighted by atomic mass is 10.1. The maximum Gasteiger partial charge on any atom is 0.412 e. The molecule has 0 aromatic heterocycles. The van der Waals surface area contributed by atoms with Crippen molar-refractivity contribution >= 4 is 11.8 Å². The zero-order valence-corrected chi connectivity index (χ0v) is 19.5. The third-order valence-corrected chi connectivity index (χ3v) is 6.24. The molecule has 7 heteroatoms. The van der Waals surface area contributed by atoms with E-state index in [2.05, 4.69) is 34.9 Å². The molecule has 2 aliphatic heterocycles. The van der Waals surface area contributed by atoms with E-state index in [-0.39, 0.29) is 18.2 Å². The van der Waals surface area contributed by atoms with Crippen LogP contribution < -0.4 is 15.4 Å². The van der Waals surface area contributed by atoms with Crippen molar-refractivity contribution in [2.24, 2.45) is 0 Å². The van der Waals surface area contributed by atoms with Gasteiger partial charge in [-0.1, -0.05) is 48.5 Å². The van der Waals surface area contributed by atoms with E-state index in [0.29, 0.717) is 24.7 Å². The molecule has 0 bridgehead atoms. The molecule has 3 aromatic rings. The van der Waals surface area contributed by atoms with E-state index < -0.39 is 12.2 Å². The molecule has 2 fully saturated rings. The molecule has 0 radical (unpaired) electrons. The van der Waals surface area contributed by atoms with Crippen molar-refractivity contribution in [1.29, 1.82) is 0 Å². The minimum Gasteiger partial charge on any atom is -0.457 e. The highest BCUT2D eigenvalue weighted by Crippen LogP contribution is 2.29. The van der Waals surface area contributed by atoms with Gasteiger partial charge in [0.05, 0.1) is 19.3 Å². The van der Waals surface area contributed by atoms with Gasteiger partial charge in [0.2, 0.25) is 0 Å². The Morgan fingerprint density at radius 3 is 2.29 bits per heavy atom. The zero-order valence-electron chi connectivity index (χ0n) is 19.5. The van der Waals surface area contributed by atoms with Crippen LogP contribution in [0, 0.1) is 0 Å². The molecular weight excluding hydrogens is 444 g/mol. The molecule has 35 heavy (non-hydrogen) atoms. The van der Waals surface area contributed by atoms with E-state index in [1.807, 2.05) is 36.4 Å². The number of hydrogen-bond donors (Lipinski definition) is 2. The van der Waals surface area contributed by atoms with Crippen molar-refractivity contribution < 1.29 is 23.7 Å². The van der Waals surface area contributed by atoms with Crippen LogP contribution in [0.3, 0.4) is 0 Å². The third-order valence-electron chi connectivity index (χ3n) is 6.24. The minimum absolute atomic E-state index is 0.101. The molecule has 2 saturated heterocycles. The molecule has 0 spiro atoms. The lowest BCUT2D eigenvalue weighted by Gasteiger charge is -2.18. The molecule has 1 amide bonds. The Hall–Kier alpha value is -3.39. The molecule has 7 nitrogen and oxygen atoms in total. The number of hydrogen-bond acceptors (Lipinski definition) is 6. The van der Waals surface area contributed by atoms with Crippen LogP contribution in [0.25, 0.3) is 0 Å². The standard InChI is InChI=1S/C28H30N2O5/c31-28(30-21-13-15-23(16-14-21)34-22-11-5-2-6-12-22)35-25-19-33-26-24(18-32-27(25)26)29-17-7-10-20-8-3-1-4-9-20/h1-6,8-9,11-16,24-27,29H,7,10,17-19H2,(H,30,31)/t24-,25+,26+,27+/m0/s1. The predicted octanol–water partition coefficient (Wildman–Crippen LogP) is 4.78. The highest BCUT2D eigenvalue weighted by atomic mass is 16.6. The van der Waals surface area contributed by atoms with Gasteiger partial charge in [0.25, 0.3) is 0 Å². The van der Waals surface area contributed by atoms with Gasteiger partial charge < -0.3 is 24.3 Å². The molecule has 182 valence electrons. The van der Waals surface area contributed by atoms with Crippen molar-refractivity contribution in [2.75, 3.05) is 25.1 Å². The normalized spacial score (nSPS) is 23.0. The fourth-order valence-electron chi connectivity index (χ4n) is 4.48. The number of carbonyl (C=O) groups excluding carboxylic acids is 1. The van der Waals surface area contributed by atoms with Gasteiger partial charge in [0, 0.05) is 5.69 Å². The highest BCUT2D eigenvalue weighted by Gasteiger charge is 2.49. The van der Waals surface area contributed by atoms with Crippen molar-refractivity contribution in [3.63, 3.8) is 0 Å². The molecule has 2 N–H and O–H groups in total. The summed E-state index contributed by atoms with van der Waals surface area (Å²) in [6.07, 6.45) is 0.737. The van der Waals surface area contributed by atoms with Crippen LogP contribution in [0.2, 0.25) is 0 Å². The van der Waals surface area contributed by atoms with Gasteiger partial charge in [-0.05, 0) is 61.3 Å². The molecule has 0 unspecified atom stereocenters. The number of benzene rings is 3. The van der Waals surface area contributed by atoms with Crippen LogP contribution in [0.15, 0.2) is 84.9 Å². The summed E-state index contributed by atoms with van der Waals surface area (Å²) in [5, 5.41) is 6.31. The Morgan fingerprint density at radius 1 is 0.829 bits per heavy atom. The number of rotatable bonds is 9. The number of amides is 1. The molecule has 0 saturated carbocycles. The van der Waals surface area contributed by atoms with Crippen LogP contribution in [-0.4, -0.2) is 50.2 Å². The average molecular weight is 475 g/mol. The smallest absolute Gasteiger partial charge is 0.412 e. The summed E-state index contributed by atoms with van der Waals surface area (Å²) in [6, 6.07) is 27.2. The van der Waals surface area contributed by atoms with Crippen LogP contribution in [0.5, 0.6) is 11.5 Å². The first-order valence-corrected chi connectivity index (χ1v) is 12.1. The van der Waals surface area contributed by atoms with Crippen LogP contribution >= 0.6 is 0 Å². The lowest BCUT2D eigenvalue weighted by Crippen LogP contribution is -2.42. The molecule has 2 aliphatic rings. The summed E-state index contributed by atoms with van der Waals surface area (Å²) < 4.78 is 23.3. The van der Waals surface area contributed by atoms with Crippen LogP contribution in [-0.2, 0) is 20.6 Å². The summed E-state index contributed by atoms with van der Waals surface area (Å²) in [5.41, 5.74) is 1.96. The average Bonchev–Trinajstić information content (AvgIpc) is 3.47. The number of anilines is 1. The van der Waals surface area contributed by atoms with E-state index >= 15 is 0 Å². The Morgan fingerprint density at radius 2 is 1.51 bits per heavy atom. The Bertz CT molecular complexity index is 1080. The van der Waals surface area contributed by atoms with Gasteiger partial charge >= 0.3 is 6.09 Å². The minimum atomic E-state index is -0.529. The van der Waals surface area contributed by atoms with Crippen molar-refractivity contribution in [3.05, 3.63) is 90.5 Å². The fraction of sp³-hybridized carbons (Fsp3) is 0.321. The molecule has 0 aliphatic carbocycles.